The van der Waals surface area contributed by atoms with Gasteiger partial charge in [0.15, 0.2) is 0 Å². The fourth-order valence-corrected chi connectivity index (χ4v) is 2.53. The standard InChI is InChI=1S/C16H24FN3O2/c1-16(2,3)22-15(21)19(4)13-6-9-20(10-7-13)14-11-12(17)5-8-18-14/h5,8,11,13H,6-7,9-10H2,1-4H3. The van der Waals surface area contributed by atoms with Crippen molar-refractivity contribution >= 4 is 11.9 Å². The van der Waals surface area contributed by atoms with Crippen LogP contribution in [0.25, 0.3) is 0 Å². The van der Waals surface area contributed by atoms with Gasteiger partial charge in [-0.3, -0.25) is 0 Å². The Bertz CT molecular complexity index is 522. The van der Waals surface area contributed by atoms with E-state index < -0.39 is 5.60 Å². The first-order valence-electron chi connectivity index (χ1n) is 7.58. The summed E-state index contributed by atoms with van der Waals surface area (Å²) >= 11 is 0. The van der Waals surface area contributed by atoms with Gasteiger partial charge in [0.1, 0.15) is 17.2 Å². The van der Waals surface area contributed by atoms with Gasteiger partial charge in [0, 0.05) is 38.4 Å². The molecule has 0 spiro atoms. The second-order valence-corrected chi connectivity index (χ2v) is 6.64. The molecule has 2 rings (SSSR count). The van der Waals surface area contributed by atoms with Gasteiger partial charge in [-0.15, -0.1) is 0 Å². The summed E-state index contributed by atoms with van der Waals surface area (Å²) in [5, 5.41) is 0. The fraction of sp³-hybridized carbons (Fsp3) is 0.625. The molecule has 122 valence electrons. The van der Waals surface area contributed by atoms with Crippen molar-refractivity contribution in [2.75, 3.05) is 25.0 Å². The van der Waals surface area contributed by atoms with Gasteiger partial charge >= 0.3 is 6.09 Å². The number of piperidine rings is 1. The zero-order valence-corrected chi connectivity index (χ0v) is 13.7. The van der Waals surface area contributed by atoms with Crippen LogP contribution in [0.5, 0.6) is 0 Å². The monoisotopic (exact) mass is 309 g/mol. The van der Waals surface area contributed by atoms with E-state index in [0.717, 1.165) is 25.9 Å². The maximum atomic E-state index is 13.3. The maximum Gasteiger partial charge on any atom is 0.410 e. The molecule has 1 aromatic heterocycles. The average molecular weight is 309 g/mol. The lowest BCUT2D eigenvalue weighted by atomic mass is 10.0. The molecule has 1 aromatic rings. The molecule has 0 N–H and O–H groups in total. The van der Waals surface area contributed by atoms with Crippen LogP contribution in [0.15, 0.2) is 18.3 Å². The van der Waals surface area contributed by atoms with Crippen LogP contribution in [0.3, 0.4) is 0 Å². The van der Waals surface area contributed by atoms with Gasteiger partial charge in [-0.25, -0.2) is 14.2 Å². The third kappa shape index (κ3) is 4.32. The number of pyridine rings is 1. The third-order valence-electron chi connectivity index (χ3n) is 3.73. The Morgan fingerprint density at radius 2 is 2.05 bits per heavy atom. The van der Waals surface area contributed by atoms with E-state index in [9.17, 15) is 9.18 Å². The van der Waals surface area contributed by atoms with Gasteiger partial charge < -0.3 is 14.5 Å². The first-order valence-corrected chi connectivity index (χ1v) is 7.58. The minimum absolute atomic E-state index is 0.139. The molecule has 0 unspecified atom stereocenters. The average Bonchev–Trinajstić information content (AvgIpc) is 2.45. The molecule has 1 amide bonds. The Morgan fingerprint density at radius 1 is 1.41 bits per heavy atom. The first-order chi connectivity index (χ1) is 10.3. The number of aromatic nitrogens is 1. The van der Waals surface area contributed by atoms with Crippen molar-refractivity contribution < 1.29 is 13.9 Å². The van der Waals surface area contributed by atoms with E-state index in [1.54, 1.807) is 11.9 Å². The lowest BCUT2D eigenvalue weighted by Crippen LogP contribution is -2.47. The van der Waals surface area contributed by atoms with Gasteiger partial charge in [-0.05, 0) is 39.7 Å². The van der Waals surface area contributed by atoms with Crippen LogP contribution < -0.4 is 4.90 Å². The summed E-state index contributed by atoms with van der Waals surface area (Å²) in [5.74, 6) is 0.372. The molecule has 5 nitrogen and oxygen atoms in total. The van der Waals surface area contributed by atoms with Gasteiger partial charge in [-0.1, -0.05) is 0 Å². The lowest BCUT2D eigenvalue weighted by molar-refractivity contribution is 0.0201. The number of hydrogen-bond donors (Lipinski definition) is 0. The van der Waals surface area contributed by atoms with Crippen molar-refractivity contribution in [2.45, 2.75) is 45.3 Å². The Labute approximate surface area is 131 Å². The Kier molecular flexibility index (Phi) is 4.88. The van der Waals surface area contributed by atoms with Crippen LogP contribution in [0.1, 0.15) is 33.6 Å². The number of carbonyl (C=O) groups is 1. The molecule has 0 saturated carbocycles. The summed E-state index contributed by atoms with van der Waals surface area (Å²) in [6.45, 7) is 7.06. The molecule has 0 aliphatic carbocycles. The molecule has 1 aliphatic rings. The SMILES string of the molecule is CN(C(=O)OC(C)(C)C)C1CCN(c2cc(F)ccn2)CC1. The summed E-state index contributed by atoms with van der Waals surface area (Å²) in [7, 11) is 1.77. The smallest absolute Gasteiger partial charge is 0.410 e. The molecule has 0 atom stereocenters. The molecule has 1 fully saturated rings. The molecule has 2 heterocycles. The summed E-state index contributed by atoms with van der Waals surface area (Å²) in [6, 6.07) is 2.92. The van der Waals surface area contributed by atoms with Crippen molar-refractivity contribution in [3.63, 3.8) is 0 Å². The highest BCUT2D eigenvalue weighted by Crippen LogP contribution is 2.22. The predicted octanol–water partition coefficient (Wildman–Crippen LogP) is 3.06. The van der Waals surface area contributed by atoms with E-state index in [1.807, 2.05) is 25.7 Å². The lowest BCUT2D eigenvalue weighted by Gasteiger charge is -2.37. The quantitative estimate of drug-likeness (QED) is 0.842. The van der Waals surface area contributed by atoms with E-state index in [4.69, 9.17) is 4.74 Å². The van der Waals surface area contributed by atoms with E-state index in [2.05, 4.69) is 4.98 Å². The van der Waals surface area contributed by atoms with Crippen LogP contribution in [0.2, 0.25) is 0 Å². The van der Waals surface area contributed by atoms with E-state index in [0.29, 0.717) is 5.82 Å². The van der Waals surface area contributed by atoms with Crippen LogP contribution in [-0.2, 0) is 4.74 Å². The number of amides is 1. The summed E-state index contributed by atoms with van der Waals surface area (Å²) in [5.41, 5.74) is -0.489. The molecule has 0 radical (unpaired) electrons. The highest BCUT2D eigenvalue weighted by molar-refractivity contribution is 5.68. The molecule has 6 heteroatoms. The third-order valence-corrected chi connectivity index (χ3v) is 3.73. The van der Waals surface area contributed by atoms with Crippen molar-refractivity contribution in [1.82, 2.24) is 9.88 Å². The van der Waals surface area contributed by atoms with E-state index >= 15 is 0 Å². The second kappa shape index (κ2) is 6.50. The van der Waals surface area contributed by atoms with Crippen molar-refractivity contribution in [3.8, 4) is 0 Å². The van der Waals surface area contributed by atoms with Gasteiger partial charge in [-0.2, -0.15) is 0 Å². The van der Waals surface area contributed by atoms with E-state index in [1.165, 1.54) is 18.3 Å². The largest absolute Gasteiger partial charge is 0.444 e. The number of halogens is 1. The van der Waals surface area contributed by atoms with Crippen LogP contribution in [-0.4, -0.2) is 47.8 Å². The topological polar surface area (TPSA) is 45.7 Å². The number of rotatable bonds is 2. The van der Waals surface area contributed by atoms with Gasteiger partial charge in [0.05, 0.1) is 0 Å². The van der Waals surface area contributed by atoms with Crippen molar-refractivity contribution in [3.05, 3.63) is 24.1 Å². The molecule has 0 aromatic carbocycles. The maximum absolute atomic E-state index is 13.3. The Balaban J connectivity index is 1.90. The highest BCUT2D eigenvalue weighted by atomic mass is 19.1. The zero-order valence-electron chi connectivity index (χ0n) is 13.7. The molecule has 0 bridgehead atoms. The van der Waals surface area contributed by atoms with Crippen LogP contribution in [0, 0.1) is 5.82 Å². The summed E-state index contributed by atoms with van der Waals surface area (Å²) in [4.78, 5) is 20.0. The highest BCUT2D eigenvalue weighted by Gasteiger charge is 2.28. The number of carbonyl (C=O) groups excluding carboxylic acids is 1. The van der Waals surface area contributed by atoms with Crippen LogP contribution in [0.4, 0.5) is 15.0 Å². The normalized spacial score (nSPS) is 16.5. The number of ether oxygens (including phenoxy) is 1. The molecule has 1 aliphatic heterocycles. The molecular formula is C16H24FN3O2. The van der Waals surface area contributed by atoms with Crippen molar-refractivity contribution in [1.29, 1.82) is 0 Å². The Hall–Kier alpha value is -1.85. The fourth-order valence-electron chi connectivity index (χ4n) is 2.53. The number of nitrogens with zero attached hydrogens (tertiary/aromatic N) is 3. The molecule has 1 saturated heterocycles. The van der Waals surface area contributed by atoms with Gasteiger partial charge in [0.25, 0.3) is 0 Å². The minimum Gasteiger partial charge on any atom is -0.444 e. The van der Waals surface area contributed by atoms with Crippen molar-refractivity contribution in [2.24, 2.45) is 0 Å². The molecule has 22 heavy (non-hydrogen) atoms. The van der Waals surface area contributed by atoms with Gasteiger partial charge in [0.2, 0.25) is 0 Å². The second-order valence-electron chi connectivity index (χ2n) is 6.64. The zero-order chi connectivity index (χ0) is 16.3. The van der Waals surface area contributed by atoms with E-state index in [-0.39, 0.29) is 18.0 Å². The Morgan fingerprint density at radius 3 is 2.59 bits per heavy atom. The first kappa shape index (κ1) is 16.5. The summed E-state index contributed by atoms with van der Waals surface area (Å²) in [6.07, 6.45) is 2.81. The molecular weight excluding hydrogens is 285 g/mol. The number of hydrogen-bond acceptors (Lipinski definition) is 4. The minimum atomic E-state index is -0.489. The summed E-state index contributed by atoms with van der Waals surface area (Å²) < 4.78 is 18.6. The number of anilines is 1. The van der Waals surface area contributed by atoms with Crippen LogP contribution >= 0.6 is 0 Å². The predicted molar refractivity (Wildman–Crippen MR) is 83.4 cm³/mol.